The van der Waals surface area contributed by atoms with Crippen LogP contribution in [-0.4, -0.2) is 50.8 Å². The molecule has 0 saturated heterocycles. The number of para-hydroxylation sites is 1. The molecule has 0 aliphatic heterocycles. The Morgan fingerprint density at radius 1 is 0.971 bits per heavy atom. The molecular weight excluding hydrogens is 437 g/mol. The van der Waals surface area contributed by atoms with Crippen LogP contribution in [0.25, 0.3) is 0 Å². The molecule has 2 aromatic carbocycles. The number of rotatable bonds is 11. The number of amides is 1. The van der Waals surface area contributed by atoms with Gasteiger partial charge in [-0.3, -0.25) is 9.78 Å². The van der Waals surface area contributed by atoms with Gasteiger partial charge in [-0.1, -0.05) is 30.3 Å². The van der Waals surface area contributed by atoms with Gasteiger partial charge in [-0.25, -0.2) is 4.79 Å². The minimum absolute atomic E-state index is 0.0353. The third-order valence-electron chi connectivity index (χ3n) is 5.38. The number of benzene rings is 2. The summed E-state index contributed by atoms with van der Waals surface area (Å²) in [5.74, 6) is -2.96. The molecule has 0 radical (unpaired) electrons. The summed E-state index contributed by atoms with van der Waals surface area (Å²) in [6.45, 7) is 1.21. The maximum Gasteiger partial charge on any atom is 0.456 e. The third-order valence-corrected chi connectivity index (χ3v) is 5.38. The fraction of sp³-hybridized carbons (Fsp3) is 0.208. The van der Waals surface area contributed by atoms with Crippen LogP contribution in [0.5, 0.6) is 5.75 Å². The maximum absolute atomic E-state index is 12.5. The van der Waals surface area contributed by atoms with Gasteiger partial charge in [0.2, 0.25) is 0 Å². The lowest BCUT2D eigenvalue weighted by molar-refractivity contribution is 0.0693. The predicted octanol–water partition coefficient (Wildman–Crippen LogP) is 1.59. The standard InChI is InChI=1S/C24H26BN3O6/c29-22-19(4-1-5-21(22)24(31)32)11-20(25(33)34)15-28-23(30)18-8-6-16(7-9-18)12-27-14-17-3-2-10-26-13-17/h1-10,13,20,27,29,33-34H,11-12,14-15H2,(H,28,30)(H,31,32)/t20-/m1/s1. The van der Waals surface area contributed by atoms with E-state index in [9.17, 15) is 24.7 Å². The van der Waals surface area contributed by atoms with Gasteiger partial charge in [0, 0.05) is 43.4 Å². The molecule has 0 spiro atoms. The van der Waals surface area contributed by atoms with Gasteiger partial charge in [0.15, 0.2) is 0 Å². The van der Waals surface area contributed by atoms with Gasteiger partial charge in [0.1, 0.15) is 11.3 Å². The van der Waals surface area contributed by atoms with Crippen LogP contribution in [0.4, 0.5) is 0 Å². The molecule has 0 aliphatic carbocycles. The lowest BCUT2D eigenvalue weighted by atomic mass is 9.69. The van der Waals surface area contributed by atoms with Crippen LogP contribution >= 0.6 is 0 Å². The molecule has 1 amide bonds. The number of carboxylic acids is 1. The summed E-state index contributed by atoms with van der Waals surface area (Å²) in [7, 11) is -1.78. The molecular formula is C24H26BN3O6. The van der Waals surface area contributed by atoms with Gasteiger partial charge < -0.3 is 30.9 Å². The van der Waals surface area contributed by atoms with Crippen molar-refractivity contribution in [3.05, 3.63) is 94.8 Å². The first-order valence-electron chi connectivity index (χ1n) is 10.7. The van der Waals surface area contributed by atoms with Crippen molar-refractivity contribution in [1.29, 1.82) is 0 Å². The number of aromatic hydroxyl groups is 1. The smallest absolute Gasteiger partial charge is 0.456 e. The molecule has 10 heteroatoms. The second-order valence-electron chi connectivity index (χ2n) is 7.87. The summed E-state index contributed by atoms with van der Waals surface area (Å²) in [4.78, 5) is 27.8. The highest BCUT2D eigenvalue weighted by Gasteiger charge is 2.26. The molecule has 9 nitrogen and oxygen atoms in total. The van der Waals surface area contributed by atoms with E-state index in [-0.39, 0.29) is 30.0 Å². The van der Waals surface area contributed by atoms with E-state index in [2.05, 4.69) is 15.6 Å². The highest BCUT2D eigenvalue weighted by Crippen LogP contribution is 2.27. The summed E-state index contributed by atoms with van der Waals surface area (Å²) in [6, 6.07) is 15.1. The first-order chi connectivity index (χ1) is 16.3. The third kappa shape index (κ3) is 6.88. The zero-order valence-electron chi connectivity index (χ0n) is 18.4. The number of pyridine rings is 1. The minimum atomic E-state index is -1.78. The lowest BCUT2D eigenvalue weighted by Gasteiger charge is -2.18. The molecule has 3 rings (SSSR count). The molecule has 0 bridgehead atoms. The van der Waals surface area contributed by atoms with E-state index in [1.54, 1.807) is 24.5 Å². The molecule has 0 saturated carbocycles. The Labute approximate surface area is 197 Å². The number of aromatic carboxylic acids is 1. The largest absolute Gasteiger partial charge is 0.507 e. The monoisotopic (exact) mass is 463 g/mol. The number of hydrogen-bond donors (Lipinski definition) is 6. The van der Waals surface area contributed by atoms with E-state index in [1.807, 2.05) is 24.3 Å². The van der Waals surface area contributed by atoms with E-state index in [1.165, 1.54) is 18.2 Å². The zero-order valence-corrected chi connectivity index (χ0v) is 18.4. The van der Waals surface area contributed by atoms with Gasteiger partial charge in [-0.15, -0.1) is 0 Å². The zero-order chi connectivity index (χ0) is 24.5. The molecule has 0 unspecified atom stereocenters. The van der Waals surface area contributed by atoms with Crippen LogP contribution in [0.1, 0.15) is 37.4 Å². The lowest BCUT2D eigenvalue weighted by Crippen LogP contribution is -2.35. The van der Waals surface area contributed by atoms with E-state index >= 15 is 0 Å². The SMILES string of the molecule is O=C(NC[C@@H](Cc1cccc(C(=O)O)c1O)B(O)O)c1ccc(CNCc2cccnc2)cc1. The molecule has 1 atom stereocenters. The second-order valence-corrected chi connectivity index (χ2v) is 7.87. The molecule has 0 aliphatic rings. The minimum Gasteiger partial charge on any atom is -0.507 e. The van der Waals surface area contributed by atoms with Crippen LogP contribution in [0.3, 0.4) is 0 Å². The van der Waals surface area contributed by atoms with Crippen LogP contribution in [0, 0.1) is 0 Å². The highest BCUT2D eigenvalue weighted by atomic mass is 16.4. The maximum atomic E-state index is 12.5. The van der Waals surface area contributed by atoms with Crippen LogP contribution in [0.15, 0.2) is 67.0 Å². The van der Waals surface area contributed by atoms with Gasteiger partial charge in [0.05, 0.1) is 0 Å². The van der Waals surface area contributed by atoms with Gasteiger partial charge in [0.25, 0.3) is 5.91 Å². The predicted molar refractivity (Wildman–Crippen MR) is 126 cm³/mol. The topological polar surface area (TPSA) is 152 Å². The van der Waals surface area contributed by atoms with Crippen molar-refractivity contribution in [2.45, 2.75) is 25.3 Å². The summed E-state index contributed by atoms with van der Waals surface area (Å²) in [5, 5.41) is 44.7. The molecule has 6 N–H and O–H groups in total. The van der Waals surface area contributed by atoms with Crippen molar-refractivity contribution in [1.82, 2.24) is 15.6 Å². The Hall–Kier alpha value is -3.73. The molecule has 3 aromatic rings. The van der Waals surface area contributed by atoms with E-state index in [4.69, 9.17) is 5.11 Å². The molecule has 34 heavy (non-hydrogen) atoms. The van der Waals surface area contributed by atoms with Crippen molar-refractivity contribution in [3.63, 3.8) is 0 Å². The summed E-state index contributed by atoms with van der Waals surface area (Å²) in [5.41, 5.74) is 2.45. The summed E-state index contributed by atoms with van der Waals surface area (Å²) >= 11 is 0. The number of nitrogens with zero attached hydrogens (tertiary/aromatic N) is 1. The fourth-order valence-corrected chi connectivity index (χ4v) is 3.45. The Morgan fingerprint density at radius 3 is 2.35 bits per heavy atom. The average Bonchev–Trinajstić information content (AvgIpc) is 2.83. The Balaban J connectivity index is 1.53. The van der Waals surface area contributed by atoms with Gasteiger partial charge in [-0.05, 0) is 47.4 Å². The van der Waals surface area contributed by atoms with E-state index in [0.29, 0.717) is 18.7 Å². The number of carbonyl (C=O) groups is 2. The normalized spacial score (nSPS) is 11.6. The van der Waals surface area contributed by atoms with Gasteiger partial charge >= 0.3 is 13.1 Å². The molecule has 1 aromatic heterocycles. The van der Waals surface area contributed by atoms with Crippen molar-refractivity contribution >= 4 is 19.0 Å². The van der Waals surface area contributed by atoms with Crippen molar-refractivity contribution < 1.29 is 29.9 Å². The second kappa shape index (κ2) is 11.9. The first-order valence-corrected chi connectivity index (χ1v) is 10.7. The quantitative estimate of drug-likeness (QED) is 0.235. The van der Waals surface area contributed by atoms with Gasteiger partial charge in [-0.2, -0.15) is 0 Å². The number of aromatic nitrogens is 1. The number of nitrogens with one attached hydrogen (secondary N) is 2. The van der Waals surface area contributed by atoms with E-state index in [0.717, 1.165) is 11.1 Å². The Bertz CT molecular complexity index is 1110. The van der Waals surface area contributed by atoms with Crippen LogP contribution < -0.4 is 10.6 Å². The van der Waals surface area contributed by atoms with Crippen molar-refractivity contribution in [3.8, 4) is 5.75 Å². The number of phenols is 1. The first kappa shape index (κ1) is 24.9. The Morgan fingerprint density at radius 2 is 1.71 bits per heavy atom. The number of carboxylic acid groups (broad SMARTS) is 1. The molecule has 1 heterocycles. The summed E-state index contributed by atoms with van der Waals surface area (Å²) < 4.78 is 0. The number of hydrogen-bond acceptors (Lipinski definition) is 7. The molecule has 0 fully saturated rings. The van der Waals surface area contributed by atoms with Crippen molar-refractivity contribution in [2.75, 3.05) is 6.54 Å². The number of carbonyl (C=O) groups excluding carboxylic acids is 1. The average molecular weight is 463 g/mol. The Kier molecular flexibility index (Phi) is 8.75. The van der Waals surface area contributed by atoms with Crippen molar-refractivity contribution in [2.24, 2.45) is 0 Å². The highest BCUT2D eigenvalue weighted by molar-refractivity contribution is 6.43. The summed E-state index contributed by atoms with van der Waals surface area (Å²) in [6.07, 6.45) is 3.48. The van der Waals surface area contributed by atoms with Crippen LogP contribution in [0.2, 0.25) is 5.82 Å². The van der Waals surface area contributed by atoms with Crippen LogP contribution in [-0.2, 0) is 19.5 Å². The molecule has 176 valence electrons. The van der Waals surface area contributed by atoms with E-state index < -0.39 is 24.7 Å². The fourth-order valence-electron chi connectivity index (χ4n) is 3.45.